The Bertz CT molecular complexity index is 809. The van der Waals surface area contributed by atoms with E-state index < -0.39 is 4.92 Å². The van der Waals surface area contributed by atoms with Crippen LogP contribution >= 0.6 is 0 Å². The van der Waals surface area contributed by atoms with Gasteiger partial charge in [0, 0.05) is 31.1 Å². The Morgan fingerprint density at radius 2 is 1.92 bits per heavy atom. The number of ether oxygens (including phenoxy) is 2. The molecular weight excluding hydrogens is 338 g/mol. The Balaban J connectivity index is 1.49. The summed E-state index contributed by atoms with van der Waals surface area (Å²) in [6.45, 7) is 1.62. The van der Waals surface area contributed by atoms with Gasteiger partial charge in [0.15, 0.2) is 11.5 Å². The van der Waals surface area contributed by atoms with Crippen molar-refractivity contribution in [3.8, 4) is 11.5 Å². The summed E-state index contributed by atoms with van der Waals surface area (Å²) in [5.74, 6) is 1.18. The molecule has 0 saturated carbocycles. The summed E-state index contributed by atoms with van der Waals surface area (Å²) in [7, 11) is 0. The smallest absolute Gasteiger partial charge is 0.292 e. The number of carbonyl (C=O) groups is 1. The monoisotopic (exact) mass is 357 g/mol. The van der Waals surface area contributed by atoms with Gasteiger partial charge in [0.25, 0.3) is 5.69 Å². The molecule has 1 amide bonds. The van der Waals surface area contributed by atoms with Gasteiger partial charge in [-0.3, -0.25) is 14.9 Å². The van der Waals surface area contributed by atoms with Crippen LogP contribution in [0.5, 0.6) is 11.5 Å². The Kier molecular flexibility index (Phi) is 5.52. The SMILES string of the molecule is O=C(CCNc1ccccc1[N+](=O)[O-])NCc1cccc2c1OCCO2. The number of hydrogen-bond acceptors (Lipinski definition) is 6. The zero-order chi connectivity index (χ0) is 18.4. The van der Waals surface area contributed by atoms with Crippen LogP contribution in [0, 0.1) is 10.1 Å². The lowest BCUT2D eigenvalue weighted by atomic mass is 10.1. The predicted molar refractivity (Wildman–Crippen MR) is 95.5 cm³/mol. The van der Waals surface area contributed by atoms with E-state index in [2.05, 4.69) is 10.6 Å². The molecule has 3 rings (SSSR count). The molecule has 1 heterocycles. The molecule has 2 aromatic carbocycles. The molecule has 0 unspecified atom stereocenters. The van der Waals surface area contributed by atoms with Gasteiger partial charge in [0.1, 0.15) is 18.9 Å². The molecule has 0 bridgehead atoms. The number of rotatable bonds is 7. The third-order valence-electron chi connectivity index (χ3n) is 3.89. The number of para-hydroxylation sites is 3. The van der Waals surface area contributed by atoms with Gasteiger partial charge in [-0.15, -0.1) is 0 Å². The van der Waals surface area contributed by atoms with Crippen LogP contribution in [-0.2, 0) is 11.3 Å². The molecular formula is C18H19N3O5. The van der Waals surface area contributed by atoms with Crippen LogP contribution in [0.2, 0.25) is 0 Å². The standard InChI is InChI=1S/C18H19N3O5/c22-17(8-9-19-14-5-1-2-6-15(14)21(23)24)20-12-13-4-3-7-16-18(13)26-11-10-25-16/h1-7,19H,8-12H2,(H,20,22). The maximum atomic E-state index is 12.0. The van der Waals surface area contributed by atoms with Crippen LogP contribution in [-0.4, -0.2) is 30.6 Å². The largest absolute Gasteiger partial charge is 0.486 e. The second kappa shape index (κ2) is 8.19. The van der Waals surface area contributed by atoms with E-state index in [1.807, 2.05) is 18.2 Å². The number of benzene rings is 2. The van der Waals surface area contributed by atoms with Crippen LogP contribution in [0.15, 0.2) is 42.5 Å². The first-order valence-electron chi connectivity index (χ1n) is 8.26. The van der Waals surface area contributed by atoms with Gasteiger partial charge < -0.3 is 20.1 Å². The number of nitrogens with one attached hydrogen (secondary N) is 2. The number of fused-ring (bicyclic) bond motifs is 1. The number of nitrogens with zero attached hydrogens (tertiary/aromatic N) is 1. The lowest BCUT2D eigenvalue weighted by Crippen LogP contribution is -2.26. The summed E-state index contributed by atoms with van der Waals surface area (Å²) in [6.07, 6.45) is 0.193. The molecule has 2 aromatic rings. The quantitative estimate of drug-likeness (QED) is 0.583. The zero-order valence-electron chi connectivity index (χ0n) is 14.1. The van der Waals surface area contributed by atoms with Crippen molar-refractivity contribution < 1.29 is 19.2 Å². The second-order valence-corrected chi connectivity index (χ2v) is 5.67. The van der Waals surface area contributed by atoms with Crippen molar-refractivity contribution in [2.75, 3.05) is 25.1 Å². The van der Waals surface area contributed by atoms with Gasteiger partial charge in [-0.25, -0.2) is 0 Å². The summed E-state index contributed by atoms with van der Waals surface area (Å²) < 4.78 is 11.1. The maximum Gasteiger partial charge on any atom is 0.292 e. The van der Waals surface area contributed by atoms with Crippen molar-refractivity contribution in [2.45, 2.75) is 13.0 Å². The van der Waals surface area contributed by atoms with Crippen LogP contribution < -0.4 is 20.1 Å². The molecule has 0 aromatic heterocycles. The van der Waals surface area contributed by atoms with Crippen LogP contribution in [0.25, 0.3) is 0 Å². The molecule has 0 spiro atoms. The minimum absolute atomic E-state index is 0.0130. The van der Waals surface area contributed by atoms with Gasteiger partial charge in [-0.05, 0) is 12.1 Å². The highest BCUT2D eigenvalue weighted by molar-refractivity contribution is 5.76. The van der Waals surface area contributed by atoms with E-state index in [-0.39, 0.29) is 18.0 Å². The van der Waals surface area contributed by atoms with Gasteiger partial charge in [-0.1, -0.05) is 24.3 Å². The molecule has 8 nitrogen and oxygen atoms in total. The minimum atomic E-state index is -0.455. The van der Waals surface area contributed by atoms with E-state index in [1.165, 1.54) is 6.07 Å². The van der Waals surface area contributed by atoms with Gasteiger partial charge in [0.2, 0.25) is 5.91 Å². The highest BCUT2D eigenvalue weighted by Gasteiger charge is 2.16. The molecule has 1 aliphatic heterocycles. The molecule has 136 valence electrons. The molecule has 26 heavy (non-hydrogen) atoms. The normalized spacial score (nSPS) is 12.3. The van der Waals surface area contributed by atoms with Crippen molar-refractivity contribution in [1.29, 1.82) is 0 Å². The lowest BCUT2D eigenvalue weighted by Gasteiger charge is -2.21. The molecule has 0 radical (unpaired) electrons. The minimum Gasteiger partial charge on any atom is -0.486 e. The molecule has 0 fully saturated rings. The van der Waals surface area contributed by atoms with Crippen LogP contribution in [0.3, 0.4) is 0 Å². The van der Waals surface area contributed by atoms with Crippen LogP contribution in [0.4, 0.5) is 11.4 Å². The number of hydrogen-bond donors (Lipinski definition) is 2. The molecule has 1 aliphatic rings. The number of amides is 1. The van der Waals surface area contributed by atoms with E-state index in [0.29, 0.717) is 43.5 Å². The highest BCUT2D eigenvalue weighted by Crippen LogP contribution is 2.33. The molecule has 8 heteroatoms. The zero-order valence-corrected chi connectivity index (χ0v) is 14.1. The number of nitro benzene ring substituents is 1. The van der Waals surface area contributed by atoms with Crippen molar-refractivity contribution in [3.63, 3.8) is 0 Å². The number of anilines is 1. The Hall–Kier alpha value is -3.29. The summed E-state index contributed by atoms with van der Waals surface area (Å²) in [4.78, 5) is 22.5. The summed E-state index contributed by atoms with van der Waals surface area (Å²) >= 11 is 0. The Morgan fingerprint density at radius 3 is 2.77 bits per heavy atom. The van der Waals surface area contributed by atoms with Gasteiger partial charge in [0.05, 0.1) is 4.92 Å². The third-order valence-corrected chi connectivity index (χ3v) is 3.89. The van der Waals surface area contributed by atoms with Crippen molar-refractivity contribution in [3.05, 3.63) is 58.1 Å². The summed E-state index contributed by atoms with van der Waals surface area (Å²) in [5.41, 5.74) is 1.23. The van der Waals surface area contributed by atoms with E-state index >= 15 is 0 Å². The van der Waals surface area contributed by atoms with Crippen molar-refractivity contribution in [1.82, 2.24) is 5.32 Å². The molecule has 0 atom stereocenters. The fraction of sp³-hybridized carbons (Fsp3) is 0.278. The maximum absolute atomic E-state index is 12.0. The Morgan fingerprint density at radius 1 is 1.12 bits per heavy atom. The fourth-order valence-corrected chi connectivity index (χ4v) is 2.65. The Labute approximate surface area is 150 Å². The van der Waals surface area contributed by atoms with E-state index in [4.69, 9.17) is 9.47 Å². The highest BCUT2D eigenvalue weighted by atomic mass is 16.6. The average Bonchev–Trinajstić information content (AvgIpc) is 2.66. The molecule has 0 aliphatic carbocycles. The number of nitro groups is 1. The second-order valence-electron chi connectivity index (χ2n) is 5.67. The molecule has 2 N–H and O–H groups in total. The lowest BCUT2D eigenvalue weighted by molar-refractivity contribution is -0.384. The molecule has 0 saturated heterocycles. The summed E-state index contributed by atoms with van der Waals surface area (Å²) in [6, 6.07) is 11.9. The first-order chi connectivity index (χ1) is 12.6. The van der Waals surface area contributed by atoms with Gasteiger partial charge in [-0.2, -0.15) is 0 Å². The fourth-order valence-electron chi connectivity index (χ4n) is 2.65. The summed E-state index contributed by atoms with van der Waals surface area (Å²) in [5, 5.41) is 16.7. The van der Waals surface area contributed by atoms with Crippen molar-refractivity contribution >= 4 is 17.3 Å². The topological polar surface area (TPSA) is 103 Å². The third kappa shape index (κ3) is 4.21. The first kappa shape index (κ1) is 17.5. The average molecular weight is 357 g/mol. The van der Waals surface area contributed by atoms with Crippen molar-refractivity contribution in [2.24, 2.45) is 0 Å². The van der Waals surface area contributed by atoms with E-state index in [1.54, 1.807) is 18.2 Å². The number of carbonyl (C=O) groups excluding carboxylic acids is 1. The van der Waals surface area contributed by atoms with Gasteiger partial charge >= 0.3 is 0 Å². The van der Waals surface area contributed by atoms with Crippen LogP contribution in [0.1, 0.15) is 12.0 Å². The van der Waals surface area contributed by atoms with E-state index in [9.17, 15) is 14.9 Å². The first-order valence-corrected chi connectivity index (χ1v) is 8.26. The predicted octanol–water partition coefficient (Wildman–Crippen LogP) is 2.48. The van der Waals surface area contributed by atoms with E-state index in [0.717, 1.165) is 5.56 Å².